The van der Waals surface area contributed by atoms with E-state index >= 15 is 0 Å². The lowest BCUT2D eigenvalue weighted by atomic mass is 9.79. The van der Waals surface area contributed by atoms with Crippen molar-refractivity contribution in [3.63, 3.8) is 0 Å². The average molecular weight is 250 g/mol. The zero-order valence-electron chi connectivity index (χ0n) is 11.5. The molecule has 3 nitrogen and oxygen atoms in total. The maximum atomic E-state index is 10.8. The van der Waals surface area contributed by atoms with Gasteiger partial charge >= 0.3 is 5.97 Å². The molecule has 0 saturated heterocycles. The van der Waals surface area contributed by atoms with Crippen molar-refractivity contribution in [2.75, 3.05) is 6.61 Å². The van der Waals surface area contributed by atoms with Crippen LogP contribution in [0.4, 0.5) is 0 Å². The highest BCUT2D eigenvalue weighted by molar-refractivity contribution is 5.68. The van der Waals surface area contributed by atoms with Gasteiger partial charge in [0, 0.05) is 10.8 Å². The molecule has 0 heterocycles. The number of carbonyl (C=O) groups is 1. The lowest BCUT2D eigenvalue weighted by Gasteiger charge is -2.26. The molecule has 0 unspecified atom stereocenters. The summed E-state index contributed by atoms with van der Waals surface area (Å²) in [5.74, 6) is -0.792. The van der Waals surface area contributed by atoms with Gasteiger partial charge in [0.05, 0.1) is 13.0 Å². The van der Waals surface area contributed by atoms with Gasteiger partial charge in [-0.2, -0.15) is 0 Å². The molecule has 0 aliphatic rings. The molecule has 0 bridgehead atoms. The van der Waals surface area contributed by atoms with E-state index in [2.05, 4.69) is 0 Å². The first-order chi connectivity index (χ1) is 8.19. The van der Waals surface area contributed by atoms with Crippen LogP contribution in [0.25, 0.3) is 0 Å². The maximum Gasteiger partial charge on any atom is 0.304 e. The van der Waals surface area contributed by atoms with E-state index in [1.54, 1.807) is 0 Å². The van der Waals surface area contributed by atoms with Crippen LogP contribution in [0.5, 0.6) is 0 Å². The summed E-state index contributed by atoms with van der Waals surface area (Å²) in [6, 6.07) is 7.84. The van der Waals surface area contributed by atoms with Crippen LogP contribution >= 0.6 is 0 Å². The second kappa shape index (κ2) is 5.11. The van der Waals surface area contributed by atoms with Gasteiger partial charge in [-0.05, 0) is 11.1 Å². The number of benzene rings is 1. The van der Waals surface area contributed by atoms with Crippen LogP contribution in [0.15, 0.2) is 24.3 Å². The van der Waals surface area contributed by atoms with Crippen LogP contribution in [0, 0.1) is 0 Å². The largest absolute Gasteiger partial charge is 0.481 e. The number of aliphatic hydroxyl groups is 1. The van der Waals surface area contributed by atoms with E-state index in [9.17, 15) is 9.90 Å². The molecule has 0 atom stereocenters. The van der Waals surface area contributed by atoms with Crippen LogP contribution in [-0.4, -0.2) is 22.8 Å². The van der Waals surface area contributed by atoms with Crippen LogP contribution in [0.2, 0.25) is 0 Å². The molecule has 0 fully saturated rings. The Labute approximate surface area is 108 Å². The molecule has 2 N–H and O–H groups in total. The Kier molecular flexibility index (Phi) is 4.17. The molecule has 0 amide bonds. The molecule has 100 valence electrons. The summed E-state index contributed by atoms with van der Waals surface area (Å²) in [4.78, 5) is 10.8. The Morgan fingerprint density at radius 3 is 1.72 bits per heavy atom. The molecule has 0 aliphatic carbocycles. The first kappa shape index (κ1) is 14.7. The maximum absolute atomic E-state index is 10.8. The standard InChI is InChI=1S/C15H22O3/c1-14(2,9-13(17)18)11-5-7-12(8-6-11)15(3,4)10-16/h5-8,16H,9-10H2,1-4H3,(H,17,18). The van der Waals surface area contributed by atoms with Crippen LogP contribution in [-0.2, 0) is 15.6 Å². The van der Waals surface area contributed by atoms with E-state index in [0.717, 1.165) is 11.1 Å². The van der Waals surface area contributed by atoms with E-state index in [0.29, 0.717) is 0 Å². The summed E-state index contributed by atoms with van der Waals surface area (Å²) in [6.07, 6.45) is 0.107. The molecule has 0 radical (unpaired) electrons. The van der Waals surface area contributed by atoms with Gasteiger partial charge in [0.2, 0.25) is 0 Å². The fraction of sp³-hybridized carbons (Fsp3) is 0.533. The van der Waals surface area contributed by atoms with Crippen molar-refractivity contribution < 1.29 is 15.0 Å². The Morgan fingerprint density at radius 2 is 1.39 bits per heavy atom. The second-order valence-electron chi connectivity index (χ2n) is 6.07. The number of carboxylic acid groups (broad SMARTS) is 1. The zero-order valence-corrected chi connectivity index (χ0v) is 11.5. The Bertz CT molecular complexity index is 416. The predicted molar refractivity (Wildman–Crippen MR) is 71.8 cm³/mol. The summed E-state index contributed by atoms with van der Waals surface area (Å²) in [5.41, 5.74) is 1.41. The summed E-state index contributed by atoms with van der Waals surface area (Å²) in [7, 11) is 0. The molecule has 0 spiro atoms. The summed E-state index contributed by atoms with van der Waals surface area (Å²) < 4.78 is 0. The van der Waals surface area contributed by atoms with Crippen molar-refractivity contribution in [3.05, 3.63) is 35.4 Å². The van der Waals surface area contributed by atoms with Crippen molar-refractivity contribution in [1.29, 1.82) is 0 Å². The number of hydrogen-bond acceptors (Lipinski definition) is 2. The number of rotatable bonds is 5. The van der Waals surface area contributed by atoms with Gasteiger partial charge in [-0.3, -0.25) is 4.79 Å². The highest BCUT2D eigenvalue weighted by Gasteiger charge is 2.25. The van der Waals surface area contributed by atoms with Crippen molar-refractivity contribution in [1.82, 2.24) is 0 Å². The molecule has 3 heteroatoms. The van der Waals surface area contributed by atoms with E-state index in [-0.39, 0.29) is 23.9 Å². The van der Waals surface area contributed by atoms with Crippen molar-refractivity contribution in [2.45, 2.75) is 44.9 Å². The summed E-state index contributed by atoms with van der Waals surface area (Å²) >= 11 is 0. The summed E-state index contributed by atoms with van der Waals surface area (Å²) in [6.45, 7) is 7.89. The average Bonchev–Trinajstić information content (AvgIpc) is 2.27. The number of hydrogen-bond donors (Lipinski definition) is 2. The van der Waals surface area contributed by atoms with E-state index in [4.69, 9.17) is 5.11 Å². The van der Waals surface area contributed by atoms with Gasteiger partial charge in [0.25, 0.3) is 0 Å². The summed E-state index contributed by atoms with van der Waals surface area (Å²) in [5, 5.41) is 18.2. The van der Waals surface area contributed by atoms with Gasteiger partial charge in [0.15, 0.2) is 0 Å². The highest BCUT2D eigenvalue weighted by atomic mass is 16.4. The lowest BCUT2D eigenvalue weighted by molar-refractivity contribution is -0.138. The third-order valence-electron chi connectivity index (χ3n) is 3.44. The topological polar surface area (TPSA) is 57.5 Å². The van der Waals surface area contributed by atoms with Gasteiger partial charge in [-0.25, -0.2) is 0 Å². The molecule has 1 aromatic carbocycles. The smallest absolute Gasteiger partial charge is 0.304 e. The third-order valence-corrected chi connectivity index (χ3v) is 3.44. The van der Waals surface area contributed by atoms with Gasteiger partial charge in [-0.15, -0.1) is 0 Å². The third kappa shape index (κ3) is 3.33. The van der Waals surface area contributed by atoms with E-state index < -0.39 is 5.97 Å². The SMILES string of the molecule is CC(C)(CO)c1ccc(C(C)(C)CC(=O)O)cc1. The first-order valence-corrected chi connectivity index (χ1v) is 6.13. The first-order valence-electron chi connectivity index (χ1n) is 6.13. The molecular formula is C15H22O3. The fourth-order valence-electron chi connectivity index (χ4n) is 1.94. The molecule has 0 saturated carbocycles. The van der Waals surface area contributed by atoms with Gasteiger partial charge in [0.1, 0.15) is 0 Å². The molecule has 0 aliphatic heterocycles. The minimum Gasteiger partial charge on any atom is -0.481 e. The van der Waals surface area contributed by atoms with Crippen LogP contribution < -0.4 is 0 Å². The molecular weight excluding hydrogens is 228 g/mol. The molecule has 0 aromatic heterocycles. The Morgan fingerprint density at radius 1 is 1.00 bits per heavy atom. The number of aliphatic carboxylic acids is 1. The minimum atomic E-state index is -0.792. The van der Waals surface area contributed by atoms with Crippen molar-refractivity contribution in [2.24, 2.45) is 0 Å². The van der Waals surface area contributed by atoms with Crippen LogP contribution in [0.1, 0.15) is 45.2 Å². The highest BCUT2D eigenvalue weighted by Crippen LogP contribution is 2.29. The monoisotopic (exact) mass is 250 g/mol. The molecule has 18 heavy (non-hydrogen) atoms. The number of carboxylic acids is 1. The van der Waals surface area contributed by atoms with Gasteiger partial charge < -0.3 is 10.2 Å². The van der Waals surface area contributed by atoms with Crippen molar-refractivity contribution >= 4 is 5.97 Å². The quantitative estimate of drug-likeness (QED) is 0.844. The van der Waals surface area contributed by atoms with E-state index in [1.807, 2.05) is 52.0 Å². The Balaban J connectivity index is 2.99. The number of aliphatic hydroxyl groups excluding tert-OH is 1. The second-order valence-corrected chi connectivity index (χ2v) is 6.07. The molecule has 1 rings (SSSR count). The fourth-order valence-corrected chi connectivity index (χ4v) is 1.94. The molecule has 1 aromatic rings. The lowest BCUT2D eigenvalue weighted by Crippen LogP contribution is -2.24. The Hall–Kier alpha value is -1.35. The van der Waals surface area contributed by atoms with Gasteiger partial charge in [-0.1, -0.05) is 52.0 Å². The zero-order chi connectivity index (χ0) is 14.0. The minimum absolute atomic E-state index is 0.0882. The van der Waals surface area contributed by atoms with Crippen molar-refractivity contribution in [3.8, 4) is 0 Å². The van der Waals surface area contributed by atoms with Crippen LogP contribution in [0.3, 0.4) is 0 Å². The van der Waals surface area contributed by atoms with E-state index in [1.165, 1.54) is 0 Å². The predicted octanol–water partition coefficient (Wildman–Crippen LogP) is 2.71. The normalized spacial score (nSPS) is 12.5.